The monoisotopic (exact) mass is 366 g/mol. The zero-order valence-corrected chi connectivity index (χ0v) is 16.0. The highest BCUT2D eigenvalue weighted by molar-refractivity contribution is 7.14. The van der Waals surface area contributed by atoms with Crippen molar-refractivity contribution in [2.45, 2.75) is 26.8 Å². The number of nitrogens with one attached hydrogen (secondary N) is 1. The molecule has 0 spiro atoms. The van der Waals surface area contributed by atoms with E-state index in [0.29, 0.717) is 10.7 Å². The summed E-state index contributed by atoms with van der Waals surface area (Å²) in [4.78, 5) is 27.3. The molecule has 0 bridgehead atoms. The van der Waals surface area contributed by atoms with E-state index in [2.05, 4.69) is 20.3 Å². The van der Waals surface area contributed by atoms with Gasteiger partial charge in [-0.2, -0.15) is 0 Å². The molecule has 1 N–H and O–H groups in total. The molecule has 0 saturated heterocycles. The number of amides is 1. The minimum atomic E-state index is -0.0873. The van der Waals surface area contributed by atoms with Crippen molar-refractivity contribution in [3.8, 4) is 11.4 Å². The van der Waals surface area contributed by atoms with Crippen molar-refractivity contribution < 1.29 is 4.79 Å². The number of hydrogen-bond acceptors (Lipinski definition) is 6. The van der Waals surface area contributed by atoms with Gasteiger partial charge in [-0.1, -0.05) is 17.7 Å². The predicted molar refractivity (Wildman–Crippen MR) is 106 cm³/mol. The van der Waals surface area contributed by atoms with Crippen LogP contribution in [0.3, 0.4) is 0 Å². The molecule has 6 nitrogen and oxygen atoms in total. The molecule has 0 atom stereocenters. The van der Waals surface area contributed by atoms with Crippen LogP contribution in [-0.4, -0.2) is 33.9 Å². The SMILES string of the molecule is CC(C)Nc1cc(-c2csc(N(C)C(=O)c3ccc([11CH3])cc3)n2)ncn1. The van der Waals surface area contributed by atoms with Crippen LogP contribution < -0.4 is 10.2 Å². The summed E-state index contributed by atoms with van der Waals surface area (Å²) in [5, 5.41) is 5.77. The number of nitrogens with zero attached hydrogens (tertiary/aromatic N) is 4. The summed E-state index contributed by atoms with van der Waals surface area (Å²) in [5.41, 5.74) is 3.21. The van der Waals surface area contributed by atoms with Crippen LogP contribution in [0.25, 0.3) is 11.4 Å². The Morgan fingerprint density at radius 3 is 2.58 bits per heavy atom. The summed E-state index contributed by atoms with van der Waals surface area (Å²) in [7, 11) is 1.73. The van der Waals surface area contributed by atoms with Gasteiger partial charge in [-0.15, -0.1) is 11.3 Å². The van der Waals surface area contributed by atoms with Gasteiger partial charge in [0.1, 0.15) is 17.8 Å². The van der Waals surface area contributed by atoms with Crippen LogP contribution >= 0.6 is 11.3 Å². The van der Waals surface area contributed by atoms with E-state index in [0.717, 1.165) is 22.8 Å². The van der Waals surface area contributed by atoms with E-state index >= 15 is 0 Å². The number of aromatic nitrogens is 3. The second-order valence-corrected chi connectivity index (χ2v) is 7.17. The van der Waals surface area contributed by atoms with Gasteiger partial charge in [0.2, 0.25) is 0 Å². The highest BCUT2D eigenvalue weighted by atomic mass is 32.1. The molecule has 0 saturated carbocycles. The molecule has 0 fully saturated rings. The zero-order valence-electron chi connectivity index (χ0n) is 15.2. The van der Waals surface area contributed by atoms with Crippen molar-refractivity contribution in [3.05, 3.63) is 53.2 Å². The highest BCUT2D eigenvalue weighted by Crippen LogP contribution is 2.27. The Morgan fingerprint density at radius 1 is 1.15 bits per heavy atom. The Morgan fingerprint density at radius 2 is 1.88 bits per heavy atom. The van der Waals surface area contributed by atoms with Crippen LogP contribution in [0.1, 0.15) is 29.8 Å². The van der Waals surface area contributed by atoms with Crippen molar-refractivity contribution in [2.75, 3.05) is 17.3 Å². The molecule has 134 valence electrons. The standard InChI is InChI=1S/C19H21N5OS/c1-12(2)22-17-9-15(20-11-21-17)16-10-26-19(23-16)24(4)18(25)14-7-5-13(3)6-8-14/h5-12H,1-4H3,(H,20,21,22)/i3-1. The van der Waals surface area contributed by atoms with Gasteiger partial charge >= 0.3 is 0 Å². The number of anilines is 2. The lowest BCUT2D eigenvalue weighted by atomic mass is 10.0. The second kappa shape index (κ2) is 7.61. The van der Waals surface area contributed by atoms with E-state index in [1.807, 2.05) is 56.5 Å². The first-order valence-corrected chi connectivity index (χ1v) is 9.21. The van der Waals surface area contributed by atoms with Crippen LogP contribution in [-0.2, 0) is 0 Å². The van der Waals surface area contributed by atoms with Crippen LogP contribution in [0.15, 0.2) is 42.0 Å². The zero-order chi connectivity index (χ0) is 18.7. The summed E-state index contributed by atoms with van der Waals surface area (Å²) in [6.45, 7) is 6.10. The molecule has 0 aliphatic heterocycles. The summed E-state index contributed by atoms with van der Waals surface area (Å²) in [5.74, 6) is 0.666. The number of carbonyl (C=O) groups is 1. The van der Waals surface area contributed by atoms with Crippen LogP contribution in [0, 0.1) is 6.92 Å². The Labute approximate surface area is 157 Å². The minimum Gasteiger partial charge on any atom is -0.368 e. The topological polar surface area (TPSA) is 71.0 Å². The van der Waals surface area contributed by atoms with Crippen molar-refractivity contribution in [1.82, 2.24) is 15.0 Å². The highest BCUT2D eigenvalue weighted by Gasteiger charge is 2.17. The van der Waals surface area contributed by atoms with Crippen LogP contribution in [0.2, 0.25) is 0 Å². The maximum Gasteiger partial charge on any atom is 0.259 e. The fourth-order valence-electron chi connectivity index (χ4n) is 2.38. The molecular formula is C19H21N5OS. The molecule has 3 rings (SSSR count). The average Bonchev–Trinajstić information content (AvgIpc) is 3.11. The van der Waals surface area contributed by atoms with Crippen LogP contribution in [0.4, 0.5) is 10.9 Å². The molecule has 2 aromatic heterocycles. The third kappa shape index (κ3) is 4.05. The largest absolute Gasteiger partial charge is 0.368 e. The van der Waals surface area contributed by atoms with E-state index < -0.39 is 0 Å². The Kier molecular flexibility index (Phi) is 5.27. The van der Waals surface area contributed by atoms with E-state index in [1.54, 1.807) is 11.9 Å². The number of hydrogen-bond donors (Lipinski definition) is 1. The molecule has 26 heavy (non-hydrogen) atoms. The average molecular weight is 366 g/mol. The molecule has 0 aliphatic rings. The molecular weight excluding hydrogens is 345 g/mol. The summed E-state index contributed by atoms with van der Waals surface area (Å²) in [6, 6.07) is 9.66. The van der Waals surface area contributed by atoms with E-state index in [9.17, 15) is 4.79 Å². The lowest BCUT2D eigenvalue weighted by Crippen LogP contribution is -2.26. The molecule has 3 aromatic rings. The maximum absolute atomic E-state index is 12.6. The minimum absolute atomic E-state index is 0.0873. The Hall–Kier alpha value is -2.80. The van der Waals surface area contributed by atoms with Crippen molar-refractivity contribution in [1.29, 1.82) is 0 Å². The van der Waals surface area contributed by atoms with E-state index in [-0.39, 0.29) is 11.9 Å². The van der Waals surface area contributed by atoms with Gasteiger partial charge in [0, 0.05) is 30.1 Å². The predicted octanol–water partition coefficient (Wildman–Crippen LogP) is 4.01. The third-order valence-electron chi connectivity index (χ3n) is 3.75. The summed E-state index contributed by atoms with van der Waals surface area (Å²) in [6.07, 6.45) is 1.51. The summed E-state index contributed by atoms with van der Waals surface area (Å²) >= 11 is 1.41. The van der Waals surface area contributed by atoms with Gasteiger partial charge in [0.15, 0.2) is 5.13 Å². The second-order valence-electron chi connectivity index (χ2n) is 6.33. The number of benzene rings is 1. The Bertz CT molecular complexity index is 904. The number of rotatable bonds is 5. The van der Waals surface area contributed by atoms with E-state index in [1.165, 1.54) is 17.7 Å². The van der Waals surface area contributed by atoms with Gasteiger partial charge in [-0.25, -0.2) is 15.0 Å². The van der Waals surface area contributed by atoms with Gasteiger partial charge in [-0.05, 0) is 32.9 Å². The quantitative estimate of drug-likeness (QED) is 0.739. The van der Waals surface area contributed by atoms with Crippen molar-refractivity contribution in [2.24, 2.45) is 0 Å². The summed E-state index contributed by atoms with van der Waals surface area (Å²) < 4.78 is 0. The fraction of sp³-hybridized carbons (Fsp3) is 0.263. The molecule has 2 heterocycles. The van der Waals surface area contributed by atoms with Crippen LogP contribution in [0.5, 0.6) is 0 Å². The number of carbonyl (C=O) groups excluding carboxylic acids is 1. The van der Waals surface area contributed by atoms with E-state index in [4.69, 9.17) is 0 Å². The first-order valence-electron chi connectivity index (χ1n) is 8.33. The van der Waals surface area contributed by atoms with Gasteiger partial charge in [0.25, 0.3) is 5.91 Å². The third-order valence-corrected chi connectivity index (χ3v) is 4.67. The molecule has 0 unspecified atom stereocenters. The smallest absolute Gasteiger partial charge is 0.259 e. The normalized spacial score (nSPS) is 10.8. The first-order chi connectivity index (χ1) is 12.4. The molecule has 0 radical (unpaired) electrons. The fourth-order valence-corrected chi connectivity index (χ4v) is 3.17. The lowest BCUT2D eigenvalue weighted by molar-refractivity contribution is 0.0993. The molecule has 7 heteroatoms. The lowest BCUT2D eigenvalue weighted by Gasteiger charge is -2.13. The van der Waals surface area contributed by atoms with Gasteiger partial charge in [-0.3, -0.25) is 9.69 Å². The Balaban J connectivity index is 1.81. The molecule has 1 amide bonds. The molecule has 1 aromatic carbocycles. The first kappa shape index (κ1) is 18.0. The number of thiazole rings is 1. The number of aryl methyl sites for hydroxylation is 1. The van der Waals surface area contributed by atoms with Gasteiger partial charge < -0.3 is 5.32 Å². The van der Waals surface area contributed by atoms with Gasteiger partial charge in [0.05, 0.1) is 5.69 Å². The van der Waals surface area contributed by atoms with Crippen molar-refractivity contribution >= 4 is 28.2 Å². The maximum atomic E-state index is 12.6. The van der Waals surface area contributed by atoms with Crippen molar-refractivity contribution in [3.63, 3.8) is 0 Å². The molecule has 0 aliphatic carbocycles.